The molecule has 3 N–H and O–H groups in total. The van der Waals surface area contributed by atoms with Gasteiger partial charge in [-0.25, -0.2) is 17.2 Å². The van der Waals surface area contributed by atoms with Gasteiger partial charge in [-0.2, -0.15) is 0 Å². The first-order valence-corrected chi connectivity index (χ1v) is 8.02. The summed E-state index contributed by atoms with van der Waals surface area (Å²) in [4.78, 5) is -0.327. The number of hydrogen-bond acceptors (Lipinski definition) is 3. The van der Waals surface area contributed by atoms with Crippen LogP contribution in [0.3, 0.4) is 0 Å². The summed E-state index contributed by atoms with van der Waals surface area (Å²) in [6.07, 6.45) is 0. The summed E-state index contributed by atoms with van der Waals surface area (Å²) in [6.45, 7) is 1.44. The van der Waals surface area contributed by atoms with Gasteiger partial charge in [0.25, 0.3) is 10.0 Å². The molecular formula is C13H11BrF2N2O2S. The first-order valence-electron chi connectivity index (χ1n) is 5.74. The fourth-order valence-corrected chi connectivity index (χ4v) is 2.95. The van der Waals surface area contributed by atoms with E-state index in [9.17, 15) is 17.2 Å². The van der Waals surface area contributed by atoms with Crippen molar-refractivity contribution in [2.75, 3.05) is 10.5 Å². The third-order valence-corrected chi connectivity index (χ3v) is 4.84. The monoisotopic (exact) mass is 376 g/mol. The Morgan fingerprint density at radius 3 is 2.38 bits per heavy atom. The van der Waals surface area contributed by atoms with Crippen LogP contribution in [0.15, 0.2) is 39.7 Å². The fourth-order valence-electron chi connectivity index (χ4n) is 1.60. The second-order valence-electron chi connectivity index (χ2n) is 4.35. The van der Waals surface area contributed by atoms with E-state index >= 15 is 0 Å². The van der Waals surface area contributed by atoms with Crippen LogP contribution in [0.5, 0.6) is 0 Å². The normalized spacial score (nSPS) is 11.4. The molecule has 2 rings (SSSR count). The summed E-state index contributed by atoms with van der Waals surface area (Å²) in [5.74, 6) is -1.35. The van der Waals surface area contributed by atoms with Gasteiger partial charge in [-0.15, -0.1) is 0 Å². The molecule has 21 heavy (non-hydrogen) atoms. The first-order chi connectivity index (χ1) is 9.70. The van der Waals surface area contributed by atoms with Crippen LogP contribution in [0.2, 0.25) is 0 Å². The SMILES string of the molecule is Cc1c(N)cc(S(=O)(=O)Nc2ccc(Br)c(F)c2)cc1F. The molecule has 4 nitrogen and oxygen atoms in total. The lowest BCUT2D eigenvalue weighted by atomic mass is 10.2. The largest absolute Gasteiger partial charge is 0.398 e. The molecule has 2 aromatic carbocycles. The summed E-state index contributed by atoms with van der Waals surface area (Å²) in [7, 11) is -4.06. The molecule has 0 heterocycles. The standard InChI is InChI=1S/C13H11BrF2N2O2S/c1-7-11(15)5-9(6-13(7)17)21(19,20)18-8-2-3-10(14)12(16)4-8/h2-6,18H,17H2,1H3. The van der Waals surface area contributed by atoms with Crippen LogP contribution in [0, 0.1) is 18.6 Å². The molecule has 0 saturated heterocycles. The molecule has 0 aliphatic heterocycles. The molecule has 0 aliphatic carbocycles. The highest BCUT2D eigenvalue weighted by Crippen LogP contribution is 2.25. The van der Waals surface area contributed by atoms with Gasteiger partial charge in [0.05, 0.1) is 15.1 Å². The second kappa shape index (κ2) is 5.61. The van der Waals surface area contributed by atoms with Gasteiger partial charge in [-0.1, -0.05) is 0 Å². The molecule has 0 aliphatic rings. The summed E-state index contributed by atoms with van der Waals surface area (Å²) in [5.41, 5.74) is 5.78. The number of rotatable bonds is 3. The molecule has 0 fully saturated rings. The number of nitrogen functional groups attached to an aromatic ring is 1. The molecule has 8 heteroatoms. The van der Waals surface area contributed by atoms with E-state index in [0.717, 1.165) is 18.2 Å². The number of benzene rings is 2. The third kappa shape index (κ3) is 3.33. The number of halogens is 3. The van der Waals surface area contributed by atoms with E-state index in [-0.39, 0.29) is 26.3 Å². The fraction of sp³-hybridized carbons (Fsp3) is 0.0769. The van der Waals surface area contributed by atoms with Crippen molar-refractivity contribution in [1.29, 1.82) is 0 Å². The summed E-state index contributed by atoms with van der Waals surface area (Å²) < 4.78 is 53.6. The van der Waals surface area contributed by atoms with Gasteiger partial charge in [0.1, 0.15) is 11.6 Å². The van der Waals surface area contributed by atoms with Crippen molar-refractivity contribution in [2.24, 2.45) is 0 Å². The van der Waals surface area contributed by atoms with Crippen LogP contribution in [0.4, 0.5) is 20.2 Å². The maximum atomic E-state index is 13.6. The molecule has 0 atom stereocenters. The summed E-state index contributed by atoms with van der Waals surface area (Å²) >= 11 is 2.96. The Balaban J connectivity index is 2.40. The van der Waals surface area contributed by atoms with Crippen molar-refractivity contribution in [3.63, 3.8) is 0 Å². The minimum absolute atomic E-state index is 0.0234. The average molecular weight is 377 g/mol. The highest BCUT2D eigenvalue weighted by molar-refractivity contribution is 9.10. The topological polar surface area (TPSA) is 72.2 Å². The predicted octanol–water partition coefficient (Wildman–Crippen LogP) is 3.42. The number of nitrogens with one attached hydrogen (secondary N) is 1. The predicted molar refractivity (Wildman–Crippen MR) is 80.5 cm³/mol. The van der Waals surface area contributed by atoms with Crippen molar-refractivity contribution in [1.82, 2.24) is 0 Å². The maximum Gasteiger partial charge on any atom is 0.262 e. The molecule has 0 unspecified atom stereocenters. The Bertz CT molecular complexity index is 787. The zero-order chi connectivity index (χ0) is 15.8. The second-order valence-corrected chi connectivity index (χ2v) is 6.89. The van der Waals surface area contributed by atoms with E-state index in [2.05, 4.69) is 20.7 Å². The number of hydrogen-bond donors (Lipinski definition) is 2. The van der Waals surface area contributed by atoms with E-state index in [0.29, 0.717) is 0 Å². The molecule has 0 aromatic heterocycles. The van der Waals surface area contributed by atoms with E-state index in [1.165, 1.54) is 19.1 Å². The quantitative estimate of drug-likeness (QED) is 0.806. The number of anilines is 2. The molecule has 0 spiro atoms. The zero-order valence-corrected chi connectivity index (χ0v) is 13.2. The molecule has 0 bridgehead atoms. The lowest BCUT2D eigenvalue weighted by Crippen LogP contribution is -2.14. The average Bonchev–Trinajstić information content (AvgIpc) is 2.39. The molecule has 0 radical (unpaired) electrons. The molecule has 112 valence electrons. The van der Waals surface area contributed by atoms with Crippen molar-refractivity contribution in [3.05, 3.63) is 52.0 Å². The zero-order valence-electron chi connectivity index (χ0n) is 10.8. The van der Waals surface area contributed by atoms with Crippen molar-refractivity contribution in [2.45, 2.75) is 11.8 Å². The van der Waals surface area contributed by atoms with E-state index in [1.54, 1.807) is 0 Å². The van der Waals surface area contributed by atoms with E-state index < -0.39 is 21.7 Å². The molecule has 0 saturated carbocycles. The summed E-state index contributed by atoms with van der Waals surface area (Å²) in [6, 6.07) is 5.75. The number of nitrogens with two attached hydrogens (primary N) is 1. The Morgan fingerprint density at radius 1 is 1.14 bits per heavy atom. The van der Waals surface area contributed by atoms with Crippen LogP contribution >= 0.6 is 15.9 Å². The van der Waals surface area contributed by atoms with Crippen LogP contribution < -0.4 is 10.5 Å². The highest BCUT2D eigenvalue weighted by Gasteiger charge is 2.18. The minimum atomic E-state index is -4.06. The third-order valence-electron chi connectivity index (χ3n) is 2.84. The van der Waals surface area contributed by atoms with Gasteiger partial charge < -0.3 is 5.73 Å². The van der Waals surface area contributed by atoms with Gasteiger partial charge >= 0.3 is 0 Å². The molecular weight excluding hydrogens is 366 g/mol. The van der Waals surface area contributed by atoms with Gasteiger partial charge in [-0.05, 0) is 53.2 Å². The molecule has 2 aromatic rings. The first kappa shape index (κ1) is 15.7. The lowest BCUT2D eigenvalue weighted by molar-refractivity contribution is 0.593. The van der Waals surface area contributed by atoms with Gasteiger partial charge in [0.15, 0.2) is 0 Å². The summed E-state index contributed by atoms with van der Waals surface area (Å²) in [5, 5.41) is 0. The van der Waals surface area contributed by atoms with E-state index in [1.807, 2.05) is 0 Å². The Hall–Kier alpha value is -1.67. The van der Waals surface area contributed by atoms with Crippen LogP contribution in [0.1, 0.15) is 5.56 Å². The highest BCUT2D eigenvalue weighted by atomic mass is 79.9. The Morgan fingerprint density at radius 2 is 1.81 bits per heavy atom. The Labute approximate surface area is 129 Å². The van der Waals surface area contributed by atoms with Crippen LogP contribution in [0.25, 0.3) is 0 Å². The molecule has 0 amide bonds. The number of sulfonamides is 1. The van der Waals surface area contributed by atoms with Crippen molar-refractivity contribution >= 4 is 37.3 Å². The van der Waals surface area contributed by atoms with E-state index in [4.69, 9.17) is 5.73 Å². The van der Waals surface area contributed by atoms with Gasteiger partial charge in [-0.3, -0.25) is 4.72 Å². The van der Waals surface area contributed by atoms with Gasteiger partial charge in [0.2, 0.25) is 0 Å². The maximum absolute atomic E-state index is 13.6. The van der Waals surface area contributed by atoms with Crippen molar-refractivity contribution < 1.29 is 17.2 Å². The van der Waals surface area contributed by atoms with Gasteiger partial charge in [0, 0.05) is 11.3 Å². The Kier molecular flexibility index (Phi) is 4.20. The van der Waals surface area contributed by atoms with Crippen molar-refractivity contribution in [3.8, 4) is 0 Å². The van der Waals surface area contributed by atoms with Crippen LogP contribution in [-0.2, 0) is 10.0 Å². The minimum Gasteiger partial charge on any atom is -0.398 e. The van der Waals surface area contributed by atoms with Crippen LogP contribution in [-0.4, -0.2) is 8.42 Å². The smallest absolute Gasteiger partial charge is 0.262 e. The lowest BCUT2D eigenvalue weighted by Gasteiger charge is -2.10.